The number of ether oxygens (including phenoxy) is 3. The van der Waals surface area contributed by atoms with Crippen molar-refractivity contribution >= 4 is 30.0 Å². The molecule has 2 N–H and O–H groups in total. The summed E-state index contributed by atoms with van der Waals surface area (Å²) in [7, 11) is 2.69. The molecule has 4 rings (SSSR count). The molecular formula is C29H26N2O9. The first-order chi connectivity index (χ1) is 19.2. The second-order valence-corrected chi connectivity index (χ2v) is 8.64. The van der Waals surface area contributed by atoms with Crippen LogP contribution < -0.4 is 14.8 Å². The average molecular weight is 547 g/mol. The lowest BCUT2D eigenvalue weighted by Gasteiger charge is -2.16. The van der Waals surface area contributed by atoms with Crippen LogP contribution in [0.5, 0.6) is 11.5 Å². The summed E-state index contributed by atoms with van der Waals surface area (Å²) in [5.74, 6) is -1.28. The highest BCUT2D eigenvalue weighted by Gasteiger charge is 2.34. The van der Waals surface area contributed by atoms with Crippen molar-refractivity contribution in [2.45, 2.75) is 19.6 Å². The van der Waals surface area contributed by atoms with Gasteiger partial charge in [-0.1, -0.05) is 18.2 Å². The van der Waals surface area contributed by atoms with Crippen molar-refractivity contribution in [2.75, 3.05) is 14.2 Å². The molecule has 1 aliphatic rings. The molecule has 206 valence electrons. The van der Waals surface area contributed by atoms with Crippen LogP contribution in [0.25, 0.3) is 6.08 Å². The van der Waals surface area contributed by atoms with Gasteiger partial charge in [0.2, 0.25) is 5.76 Å². The van der Waals surface area contributed by atoms with Gasteiger partial charge in [0.25, 0.3) is 5.91 Å². The number of methoxy groups -OCH3 is 2. The molecule has 40 heavy (non-hydrogen) atoms. The normalized spacial score (nSPS) is 13.8. The number of aromatic carboxylic acids is 1. The Kier molecular flexibility index (Phi) is 8.33. The SMILES string of the molecule is C=CCc1cc(/C=C2\NC(=O)N(Cc3ccc(C(=O)OC)o3)C2=O)cc(OC)c1OCc1cccc(C(=O)O)c1. The minimum atomic E-state index is -1.04. The third-order valence-electron chi connectivity index (χ3n) is 5.93. The fourth-order valence-electron chi connectivity index (χ4n) is 4.05. The second-order valence-electron chi connectivity index (χ2n) is 8.64. The number of carboxylic acids is 1. The number of imide groups is 1. The molecule has 0 spiro atoms. The van der Waals surface area contributed by atoms with Gasteiger partial charge in [0.05, 0.1) is 26.3 Å². The third kappa shape index (κ3) is 6.04. The summed E-state index contributed by atoms with van der Waals surface area (Å²) in [6, 6.07) is 12.1. The number of rotatable bonds is 11. The average Bonchev–Trinajstić information content (AvgIpc) is 3.52. The van der Waals surface area contributed by atoms with E-state index in [2.05, 4.69) is 16.6 Å². The van der Waals surface area contributed by atoms with Crippen LogP contribution >= 0.6 is 0 Å². The number of amides is 3. The molecule has 1 saturated heterocycles. The maximum atomic E-state index is 13.0. The molecule has 0 aliphatic carbocycles. The first-order valence-electron chi connectivity index (χ1n) is 12.0. The summed E-state index contributed by atoms with van der Waals surface area (Å²) in [5, 5.41) is 11.8. The molecular weight excluding hydrogens is 520 g/mol. The monoisotopic (exact) mass is 546 g/mol. The maximum Gasteiger partial charge on any atom is 0.373 e. The van der Waals surface area contributed by atoms with Gasteiger partial charge >= 0.3 is 18.0 Å². The number of carbonyl (C=O) groups is 4. The Balaban J connectivity index is 1.56. The molecule has 0 bridgehead atoms. The largest absolute Gasteiger partial charge is 0.493 e. The first-order valence-corrected chi connectivity index (χ1v) is 12.0. The van der Waals surface area contributed by atoms with Crippen LogP contribution in [0.15, 0.2) is 71.3 Å². The number of carboxylic acid groups (broad SMARTS) is 1. The van der Waals surface area contributed by atoms with Crippen LogP contribution in [0.1, 0.15) is 43.4 Å². The second kappa shape index (κ2) is 12.0. The summed E-state index contributed by atoms with van der Waals surface area (Å²) < 4.78 is 21.6. The van der Waals surface area contributed by atoms with Crippen LogP contribution in [-0.4, -0.2) is 48.1 Å². The smallest absolute Gasteiger partial charge is 0.373 e. The van der Waals surface area contributed by atoms with Gasteiger partial charge < -0.3 is 29.1 Å². The fraction of sp³-hybridized carbons (Fsp3) is 0.172. The van der Waals surface area contributed by atoms with Crippen LogP contribution in [-0.2, 0) is 29.1 Å². The molecule has 0 atom stereocenters. The summed E-state index contributed by atoms with van der Waals surface area (Å²) in [6.07, 6.45) is 3.60. The predicted octanol–water partition coefficient (Wildman–Crippen LogP) is 4.17. The number of esters is 1. The maximum absolute atomic E-state index is 13.0. The standard InChI is InChI=1S/C29H26N2O9/c1-4-6-19-12-18(14-24(37-2)25(19)39-16-17-7-5-8-20(11-17)27(33)34)13-22-26(32)31(29(36)30-22)15-21-9-10-23(40-21)28(35)38-3/h4-5,7-14H,1,6,15-16H2,2-3H3,(H,30,36)(H,33,34)/b22-13-. The number of nitrogens with zero attached hydrogens (tertiary/aromatic N) is 1. The van der Waals surface area contributed by atoms with E-state index in [4.69, 9.17) is 13.9 Å². The van der Waals surface area contributed by atoms with Crippen molar-refractivity contribution in [3.63, 3.8) is 0 Å². The van der Waals surface area contributed by atoms with Crippen molar-refractivity contribution in [3.8, 4) is 11.5 Å². The van der Waals surface area contributed by atoms with E-state index in [0.29, 0.717) is 34.6 Å². The van der Waals surface area contributed by atoms with Gasteiger partial charge in [-0.3, -0.25) is 9.69 Å². The van der Waals surface area contributed by atoms with Crippen molar-refractivity contribution in [1.29, 1.82) is 0 Å². The minimum absolute atomic E-state index is 0.0375. The van der Waals surface area contributed by atoms with E-state index >= 15 is 0 Å². The summed E-state index contributed by atoms with van der Waals surface area (Å²) in [4.78, 5) is 49.4. The topological polar surface area (TPSA) is 145 Å². The molecule has 2 aromatic carbocycles. The number of allylic oxidation sites excluding steroid dienone is 1. The highest BCUT2D eigenvalue weighted by molar-refractivity contribution is 6.13. The Morgan fingerprint density at radius 2 is 1.93 bits per heavy atom. The molecule has 0 radical (unpaired) electrons. The molecule has 1 aliphatic heterocycles. The van der Waals surface area contributed by atoms with Gasteiger partial charge in [0.15, 0.2) is 11.5 Å². The van der Waals surface area contributed by atoms with Gasteiger partial charge in [-0.15, -0.1) is 6.58 Å². The number of urea groups is 1. The zero-order valence-corrected chi connectivity index (χ0v) is 21.8. The third-order valence-corrected chi connectivity index (χ3v) is 5.93. The Hall–Kier alpha value is -5.32. The van der Waals surface area contributed by atoms with E-state index < -0.39 is 23.9 Å². The van der Waals surface area contributed by atoms with Gasteiger partial charge in [-0.05, 0) is 60.0 Å². The fourth-order valence-corrected chi connectivity index (χ4v) is 4.05. The van der Waals surface area contributed by atoms with Gasteiger partial charge in [0, 0.05) is 5.56 Å². The van der Waals surface area contributed by atoms with Crippen LogP contribution in [0.4, 0.5) is 4.79 Å². The van der Waals surface area contributed by atoms with E-state index in [-0.39, 0.29) is 35.9 Å². The van der Waals surface area contributed by atoms with Crippen LogP contribution in [0.3, 0.4) is 0 Å². The molecule has 11 nitrogen and oxygen atoms in total. The number of carbonyl (C=O) groups excluding carboxylic acids is 3. The van der Waals surface area contributed by atoms with Crippen molar-refractivity contribution in [3.05, 3.63) is 101 Å². The van der Waals surface area contributed by atoms with E-state index in [1.165, 1.54) is 44.6 Å². The number of benzene rings is 2. The van der Waals surface area contributed by atoms with Crippen LogP contribution in [0, 0.1) is 0 Å². The molecule has 1 aromatic heterocycles. The molecule has 11 heteroatoms. The van der Waals surface area contributed by atoms with E-state index in [9.17, 15) is 24.3 Å². The number of hydrogen-bond acceptors (Lipinski definition) is 8. The summed E-state index contributed by atoms with van der Waals surface area (Å²) in [5.41, 5.74) is 2.11. The highest BCUT2D eigenvalue weighted by Crippen LogP contribution is 2.35. The number of furan rings is 1. The highest BCUT2D eigenvalue weighted by atomic mass is 16.5. The molecule has 0 saturated carbocycles. The zero-order chi connectivity index (χ0) is 28.8. The lowest BCUT2D eigenvalue weighted by molar-refractivity contribution is -0.123. The van der Waals surface area contributed by atoms with Crippen molar-refractivity contribution < 1.29 is 42.9 Å². The molecule has 0 unspecified atom stereocenters. The van der Waals surface area contributed by atoms with Crippen molar-refractivity contribution in [2.24, 2.45) is 0 Å². The van der Waals surface area contributed by atoms with Crippen LogP contribution in [0.2, 0.25) is 0 Å². The predicted molar refractivity (Wildman–Crippen MR) is 142 cm³/mol. The van der Waals surface area contributed by atoms with E-state index in [1.807, 2.05) is 0 Å². The Morgan fingerprint density at radius 3 is 2.62 bits per heavy atom. The Labute approximate surface area is 229 Å². The molecule has 2 heterocycles. The van der Waals surface area contributed by atoms with Crippen molar-refractivity contribution in [1.82, 2.24) is 10.2 Å². The summed E-state index contributed by atoms with van der Waals surface area (Å²) >= 11 is 0. The number of hydrogen-bond donors (Lipinski definition) is 2. The zero-order valence-electron chi connectivity index (χ0n) is 21.8. The van der Waals surface area contributed by atoms with Gasteiger partial charge in [-0.25, -0.2) is 14.4 Å². The lowest BCUT2D eigenvalue weighted by atomic mass is 10.0. The summed E-state index contributed by atoms with van der Waals surface area (Å²) in [6.45, 7) is 3.70. The molecule has 3 amide bonds. The minimum Gasteiger partial charge on any atom is -0.493 e. The Morgan fingerprint density at radius 1 is 1.12 bits per heavy atom. The van der Waals surface area contributed by atoms with Gasteiger partial charge in [-0.2, -0.15) is 0 Å². The molecule has 3 aromatic rings. The molecule has 1 fully saturated rings. The van der Waals surface area contributed by atoms with E-state index in [0.717, 1.165) is 4.90 Å². The first kappa shape index (κ1) is 27.7. The van der Waals surface area contributed by atoms with Gasteiger partial charge in [0.1, 0.15) is 18.1 Å². The lowest BCUT2D eigenvalue weighted by Crippen LogP contribution is -2.30. The number of nitrogens with one attached hydrogen (secondary N) is 1. The van der Waals surface area contributed by atoms with E-state index in [1.54, 1.807) is 30.3 Å². The Bertz CT molecular complexity index is 1520. The quantitative estimate of drug-likeness (QED) is 0.157.